The van der Waals surface area contributed by atoms with E-state index >= 15 is 0 Å². The molecule has 5 N–H and O–H groups in total. The van der Waals surface area contributed by atoms with Crippen molar-refractivity contribution in [3.8, 4) is 6.07 Å². The lowest BCUT2D eigenvalue weighted by atomic mass is 10.1. The van der Waals surface area contributed by atoms with Gasteiger partial charge in [-0.2, -0.15) is 18.4 Å². The number of alkyl halides is 3. The van der Waals surface area contributed by atoms with Gasteiger partial charge in [0.25, 0.3) is 11.9 Å². The van der Waals surface area contributed by atoms with Crippen molar-refractivity contribution in [3.63, 3.8) is 0 Å². The number of nitrogens with zero attached hydrogens (tertiary/aromatic N) is 4. The fourth-order valence-electron chi connectivity index (χ4n) is 1.13. The number of carbonyl (C=O) groups is 1. The van der Waals surface area contributed by atoms with Gasteiger partial charge in [-0.1, -0.05) is 0 Å². The molecule has 0 unspecified atom stereocenters. The van der Waals surface area contributed by atoms with Crippen LogP contribution in [0.3, 0.4) is 0 Å². The van der Waals surface area contributed by atoms with E-state index in [1.54, 1.807) is 6.07 Å². The van der Waals surface area contributed by atoms with Crippen LogP contribution in [-0.4, -0.2) is 28.4 Å². The van der Waals surface area contributed by atoms with E-state index in [9.17, 15) is 28.1 Å². The third kappa shape index (κ3) is 7.80. The van der Waals surface area contributed by atoms with Crippen LogP contribution in [0, 0.1) is 21.4 Å². The summed E-state index contributed by atoms with van der Waals surface area (Å²) in [5, 5.41) is 21.0. The van der Waals surface area contributed by atoms with Crippen molar-refractivity contribution in [1.29, 1.82) is 5.26 Å². The fourth-order valence-corrected chi connectivity index (χ4v) is 1.13. The number of hydrogen-bond donors (Lipinski definition) is 3. The van der Waals surface area contributed by atoms with Crippen LogP contribution in [-0.2, 0) is 6.18 Å². The van der Waals surface area contributed by atoms with E-state index in [0.717, 1.165) is 12.4 Å². The van der Waals surface area contributed by atoms with Gasteiger partial charge in [-0.05, 0) is 6.07 Å². The molecule has 124 valence electrons. The predicted molar refractivity (Wildman–Crippen MR) is 70.0 cm³/mol. The lowest BCUT2D eigenvalue weighted by molar-refractivity contribution is -0.485. The highest BCUT2D eigenvalue weighted by atomic mass is 19.4. The van der Waals surface area contributed by atoms with Crippen molar-refractivity contribution in [1.82, 2.24) is 10.3 Å². The summed E-state index contributed by atoms with van der Waals surface area (Å²) >= 11 is 0. The first kappa shape index (κ1) is 19.6. The Labute approximate surface area is 126 Å². The fraction of sp³-hybridized carbons (Fsp3) is 0.200. The van der Waals surface area contributed by atoms with Gasteiger partial charge in [-0.15, -0.1) is 0 Å². The predicted octanol–water partition coefficient (Wildman–Crippen LogP) is -0.195. The van der Waals surface area contributed by atoms with Crippen LogP contribution in [0.25, 0.3) is 0 Å². The second-order valence-corrected chi connectivity index (χ2v) is 3.52. The molecule has 0 spiro atoms. The third-order valence-corrected chi connectivity index (χ3v) is 1.90. The number of hydrazone groups is 1. The molecule has 10 nitrogen and oxygen atoms in total. The second-order valence-electron chi connectivity index (χ2n) is 3.52. The summed E-state index contributed by atoms with van der Waals surface area (Å²) in [4.78, 5) is 24.0. The first-order chi connectivity index (χ1) is 10.6. The molecule has 1 amide bonds. The van der Waals surface area contributed by atoms with Gasteiger partial charge in [0.1, 0.15) is 6.54 Å². The van der Waals surface area contributed by atoms with E-state index in [2.05, 4.69) is 21.6 Å². The SMILES string of the molecule is N#CCNC(=O)c1cnccc1C(F)(F)F.NC(N)=N[N+](=O)[O-]. The zero-order valence-electron chi connectivity index (χ0n) is 11.2. The molecule has 0 bridgehead atoms. The molecule has 0 atom stereocenters. The van der Waals surface area contributed by atoms with Crippen LogP contribution >= 0.6 is 0 Å². The van der Waals surface area contributed by atoms with E-state index in [-0.39, 0.29) is 6.54 Å². The number of aromatic nitrogens is 1. The van der Waals surface area contributed by atoms with Crippen LogP contribution in [0.4, 0.5) is 13.2 Å². The number of nitrogens with one attached hydrogen (secondary N) is 1. The van der Waals surface area contributed by atoms with E-state index in [4.69, 9.17) is 5.26 Å². The smallest absolute Gasteiger partial charge is 0.365 e. The summed E-state index contributed by atoms with van der Waals surface area (Å²) in [7, 11) is 0. The van der Waals surface area contributed by atoms with Crippen LogP contribution in [0.15, 0.2) is 23.6 Å². The molecule has 0 fully saturated rings. The number of nitrogens with two attached hydrogens (primary N) is 2. The number of guanidine groups is 1. The summed E-state index contributed by atoms with van der Waals surface area (Å²) < 4.78 is 37.4. The molecule has 0 aliphatic heterocycles. The van der Waals surface area contributed by atoms with Crippen molar-refractivity contribution in [2.45, 2.75) is 6.18 Å². The van der Waals surface area contributed by atoms with Crippen LogP contribution in [0.5, 0.6) is 0 Å². The molecule has 0 saturated carbocycles. The summed E-state index contributed by atoms with van der Waals surface area (Å²) in [5.41, 5.74) is 7.50. The number of carbonyl (C=O) groups excluding carboxylic acids is 1. The summed E-state index contributed by atoms with van der Waals surface area (Å²) in [6.45, 7) is -0.356. The molecule has 0 aliphatic carbocycles. The first-order valence-corrected chi connectivity index (χ1v) is 5.49. The number of amides is 1. The molecular weight excluding hydrogens is 323 g/mol. The van der Waals surface area contributed by atoms with Crippen molar-refractivity contribution in [3.05, 3.63) is 39.7 Å². The summed E-state index contributed by atoms with van der Waals surface area (Å²) in [6, 6.07) is 2.30. The quantitative estimate of drug-likeness (QED) is 0.226. The topological polar surface area (TPSA) is 173 Å². The molecule has 1 heterocycles. The Kier molecular flexibility index (Phi) is 7.46. The number of hydrogen-bond acceptors (Lipinski definition) is 5. The van der Waals surface area contributed by atoms with E-state index in [1.807, 2.05) is 5.32 Å². The van der Waals surface area contributed by atoms with Crippen LogP contribution in [0.2, 0.25) is 0 Å². The van der Waals surface area contributed by atoms with Crippen molar-refractivity contribution < 1.29 is 23.0 Å². The first-order valence-electron chi connectivity index (χ1n) is 5.49. The van der Waals surface area contributed by atoms with Gasteiger partial charge in [0.15, 0.2) is 5.03 Å². The maximum atomic E-state index is 12.5. The number of halogens is 3. The maximum absolute atomic E-state index is 12.5. The average molecular weight is 333 g/mol. The number of nitriles is 1. The van der Waals surface area contributed by atoms with E-state index < -0.39 is 34.2 Å². The molecular formula is C10H10F3N7O3. The van der Waals surface area contributed by atoms with Gasteiger partial charge in [-0.25, -0.2) is 10.1 Å². The van der Waals surface area contributed by atoms with Crippen LogP contribution < -0.4 is 16.8 Å². The molecule has 0 radical (unpaired) electrons. The minimum atomic E-state index is -4.62. The Morgan fingerprint density at radius 3 is 2.52 bits per heavy atom. The minimum absolute atomic E-state index is 0.356. The Morgan fingerprint density at radius 2 is 2.13 bits per heavy atom. The maximum Gasteiger partial charge on any atom is 0.417 e. The number of pyridine rings is 1. The van der Waals surface area contributed by atoms with E-state index in [1.165, 1.54) is 0 Å². The standard InChI is InChI=1S/C9H6F3N3O.CH4N4O2/c10-9(11,12)7-1-3-14-5-6(7)8(16)15-4-2-13;2-1(3)4-5(6)7/h1,3,5H,4H2,(H,15,16);(H4,2,3,4). The summed E-state index contributed by atoms with van der Waals surface area (Å²) in [5.74, 6) is -1.51. The monoisotopic (exact) mass is 333 g/mol. The van der Waals surface area contributed by atoms with Crippen LogP contribution in [0.1, 0.15) is 15.9 Å². The third-order valence-electron chi connectivity index (χ3n) is 1.90. The second kappa shape index (κ2) is 8.77. The highest BCUT2D eigenvalue weighted by Crippen LogP contribution is 2.31. The highest BCUT2D eigenvalue weighted by Gasteiger charge is 2.35. The molecule has 0 aliphatic rings. The molecule has 1 rings (SSSR count). The van der Waals surface area contributed by atoms with Gasteiger partial charge in [0, 0.05) is 12.4 Å². The summed E-state index contributed by atoms with van der Waals surface area (Å²) in [6.07, 6.45) is -2.86. The molecule has 1 aromatic heterocycles. The van der Waals surface area contributed by atoms with Crippen molar-refractivity contribution in [2.75, 3.05) is 6.54 Å². The van der Waals surface area contributed by atoms with Gasteiger partial charge in [0.2, 0.25) is 0 Å². The van der Waals surface area contributed by atoms with Gasteiger partial charge in [0.05, 0.1) is 22.3 Å². The van der Waals surface area contributed by atoms with Crippen molar-refractivity contribution >= 4 is 11.9 Å². The highest BCUT2D eigenvalue weighted by molar-refractivity contribution is 5.95. The zero-order valence-corrected chi connectivity index (χ0v) is 11.2. The van der Waals surface area contributed by atoms with Gasteiger partial charge >= 0.3 is 6.18 Å². The number of nitro groups is 1. The Hall–Kier alpha value is -3.43. The molecule has 1 aromatic rings. The molecule has 23 heavy (non-hydrogen) atoms. The van der Waals surface area contributed by atoms with Crippen molar-refractivity contribution in [2.24, 2.45) is 16.6 Å². The average Bonchev–Trinajstić information content (AvgIpc) is 2.43. The largest absolute Gasteiger partial charge is 0.417 e. The Balaban J connectivity index is 0.000000585. The molecule has 13 heteroatoms. The Bertz CT molecular complexity index is 635. The number of rotatable bonds is 3. The van der Waals surface area contributed by atoms with Gasteiger partial charge < -0.3 is 16.8 Å². The molecule has 0 saturated heterocycles. The van der Waals surface area contributed by atoms with Gasteiger partial charge in [-0.3, -0.25) is 9.78 Å². The lowest BCUT2D eigenvalue weighted by Gasteiger charge is -2.10. The normalized spacial score (nSPS) is 9.65. The van der Waals surface area contributed by atoms with E-state index in [0.29, 0.717) is 6.07 Å². The lowest BCUT2D eigenvalue weighted by Crippen LogP contribution is -2.26. The Morgan fingerprint density at radius 1 is 1.52 bits per heavy atom. The zero-order chi connectivity index (χ0) is 18.0. The molecule has 0 aromatic carbocycles. The minimum Gasteiger partial charge on any atom is -0.365 e.